The Kier molecular flexibility index (Phi) is 8.84. The van der Waals surface area contributed by atoms with Crippen molar-refractivity contribution in [2.45, 2.75) is 49.7 Å². The number of aryl methyl sites for hydroxylation is 1. The highest BCUT2D eigenvalue weighted by Crippen LogP contribution is 2.33. The van der Waals surface area contributed by atoms with Crippen molar-refractivity contribution in [3.8, 4) is 11.5 Å². The van der Waals surface area contributed by atoms with E-state index in [9.17, 15) is 4.79 Å². The second-order valence-electron chi connectivity index (χ2n) is 8.28. The highest BCUT2D eigenvalue weighted by molar-refractivity contribution is 7.98. The maximum absolute atomic E-state index is 12.8. The quantitative estimate of drug-likeness (QED) is 0.292. The summed E-state index contributed by atoms with van der Waals surface area (Å²) in [6.07, 6.45) is 8.58. The molecule has 3 aromatic rings. The zero-order valence-corrected chi connectivity index (χ0v) is 20.4. The molecule has 180 valence electrons. The molecule has 1 fully saturated rings. The average Bonchev–Trinajstić information content (AvgIpc) is 3.55. The maximum atomic E-state index is 12.8. The number of rotatable bonds is 12. The van der Waals surface area contributed by atoms with E-state index >= 15 is 0 Å². The van der Waals surface area contributed by atoms with Gasteiger partial charge in [0.15, 0.2) is 5.16 Å². The molecule has 0 unspecified atom stereocenters. The first-order valence-corrected chi connectivity index (χ1v) is 13.1. The van der Waals surface area contributed by atoms with Crippen molar-refractivity contribution < 1.29 is 14.3 Å². The number of nitrogens with one attached hydrogen (secondary N) is 1. The summed E-state index contributed by atoms with van der Waals surface area (Å²) >= 11 is 1.65. The summed E-state index contributed by atoms with van der Waals surface area (Å²) < 4.78 is 13.8. The molecule has 1 aliphatic rings. The lowest BCUT2D eigenvalue weighted by Gasteiger charge is -2.16. The average molecular weight is 481 g/mol. The molecule has 0 aliphatic heterocycles. The van der Waals surface area contributed by atoms with Crippen molar-refractivity contribution in [1.29, 1.82) is 0 Å². The number of amides is 1. The molecule has 0 bridgehead atoms. The van der Waals surface area contributed by atoms with Crippen LogP contribution in [-0.2, 0) is 6.42 Å². The van der Waals surface area contributed by atoms with Crippen molar-refractivity contribution in [2.75, 3.05) is 26.0 Å². The van der Waals surface area contributed by atoms with E-state index in [-0.39, 0.29) is 5.91 Å². The minimum Gasteiger partial charge on any atom is -0.490 e. The lowest BCUT2D eigenvalue weighted by Crippen LogP contribution is -2.26. The van der Waals surface area contributed by atoms with Crippen molar-refractivity contribution in [3.63, 3.8) is 0 Å². The van der Waals surface area contributed by atoms with Crippen LogP contribution in [0.1, 0.15) is 54.3 Å². The lowest BCUT2D eigenvalue weighted by molar-refractivity contribution is 0.0948. The number of para-hydroxylation sites is 2. The van der Waals surface area contributed by atoms with Gasteiger partial charge in [0.05, 0.1) is 5.56 Å². The third kappa shape index (κ3) is 6.32. The topological polar surface area (TPSA) is 78.3 Å². The second kappa shape index (κ2) is 12.5. The van der Waals surface area contributed by atoms with Gasteiger partial charge >= 0.3 is 0 Å². The van der Waals surface area contributed by atoms with Crippen LogP contribution >= 0.6 is 11.8 Å². The van der Waals surface area contributed by atoms with Gasteiger partial charge in [0, 0.05) is 19.0 Å². The molecule has 2 aromatic carbocycles. The maximum Gasteiger partial charge on any atom is 0.255 e. The van der Waals surface area contributed by atoms with Crippen LogP contribution in [0.25, 0.3) is 0 Å². The van der Waals surface area contributed by atoms with E-state index in [0.29, 0.717) is 37.1 Å². The molecule has 1 amide bonds. The molecule has 0 spiro atoms. The molecule has 0 saturated heterocycles. The van der Waals surface area contributed by atoms with Gasteiger partial charge in [-0.3, -0.25) is 4.79 Å². The molecule has 8 heteroatoms. The molecule has 1 aromatic heterocycles. The first-order chi connectivity index (χ1) is 16.8. The van der Waals surface area contributed by atoms with Gasteiger partial charge in [-0.1, -0.05) is 54.9 Å². The van der Waals surface area contributed by atoms with E-state index in [4.69, 9.17) is 9.47 Å². The molecule has 0 atom stereocenters. The van der Waals surface area contributed by atoms with Crippen LogP contribution in [-0.4, -0.2) is 46.7 Å². The summed E-state index contributed by atoms with van der Waals surface area (Å²) in [6.45, 7) is 1.32. The van der Waals surface area contributed by atoms with Crippen LogP contribution < -0.4 is 14.8 Å². The van der Waals surface area contributed by atoms with Gasteiger partial charge in [-0.2, -0.15) is 0 Å². The van der Waals surface area contributed by atoms with Crippen LogP contribution in [0.4, 0.5) is 0 Å². The Hall–Kier alpha value is -3.00. The molecule has 1 heterocycles. The summed E-state index contributed by atoms with van der Waals surface area (Å²) in [7, 11) is 0. The van der Waals surface area contributed by atoms with Crippen LogP contribution in [0, 0.1) is 0 Å². The number of carbonyl (C=O) groups excluding carboxylic acids is 1. The predicted octanol–water partition coefficient (Wildman–Crippen LogP) is 4.94. The van der Waals surface area contributed by atoms with E-state index in [1.165, 1.54) is 25.7 Å². The van der Waals surface area contributed by atoms with Crippen LogP contribution in [0.5, 0.6) is 11.5 Å². The number of hydrogen-bond donors (Lipinski definition) is 1. The van der Waals surface area contributed by atoms with Crippen molar-refractivity contribution in [3.05, 3.63) is 66.0 Å². The molecule has 7 nitrogen and oxygen atoms in total. The number of aromatic nitrogens is 3. The number of carbonyl (C=O) groups is 1. The molecular weight excluding hydrogens is 448 g/mol. The number of thioether (sulfide) groups is 1. The number of hydrogen-bond acceptors (Lipinski definition) is 6. The van der Waals surface area contributed by atoms with Crippen LogP contribution in [0.3, 0.4) is 0 Å². The second-order valence-corrected chi connectivity index (χ2v) is 9.05. The highest BCUT2D eigenvalue weighted by Gasteiger charge is 2.23. The fourth-order valence-corrected chi connectivity index (χ4v) is 4.87. The van der Waals surface area contributed by atoms with Crippen molar-refractivity contribution >= 4 is 17.7 Å². The fourth-order valence-electron chi connectivity index (χ4n) is 4.30. The van der Waals surface area contributed by atoms with E-state index < -0.39 is 0 Å². The first kappa shape index (κ1) is 24.1. The van der Waals surface area contributed by atoms with Crippen molar-refractivity contribution in [1.82, 2.24) is 20.1 Å². The van der Waals surface area contributed by atoms with Gasteiger partial charge in [-0.05, 0) is 49.8 Å². The third-order valence-electron chi connectivity index (χ3n) is 5.95. The van der Waals surface area contributed by atoms with Gasteiger partial charge < -0.3 is 19.4 Å². The Labute approximate surface area is 205 Å². The molecule has 4 rings (SSSR count). The predicted molar refractivity (Wildman–Crippen MR) is 134 cm³/mol. The van der Waals surface area contributed by atoms with Gasteiger partial charge in [-0.15, -0.1) is 10.2 Å². The monoisotopic (exact) mass is 480 g/mol. The minimum atomic E-state index is -0.137. The Morgan fingerprint density at radius 3 is 2.56 bits per heavy atom. The van der Waals surface area contributed by atoms with Crippen molar-refractivity contribution in [2.24, 2.45) is 0 Å². The van der Waals surface area contributed by atoms with Crippen LogP contribution in [0.2, 0.25) is 0 Å². The summed E-state index contributed by atoms with van der Waals surface area (Å²) in [4.78, 5) is 12.8. The lowest BCUT2D eigenvalue weighted by atomic mass is 10.2. The van der Waals surface area contributed by atoms with E-state index in [1.54, 1.807) is 17.8 Å². The third-order valence-corrected chi connectivity index (χ3v) is 6.60. The highest BCUT2D eigenvalue weighted by atomic mass is 32.2. The van der Waals surface area contributed by atoms with Gasteiger partial charge in [0.2, 0.25) is 0 Å². The Morgan fingerprint density at radius 1 is 1.03 bits per heavy atom. The summed E-state index contributed by atoms with van der Waals surface area (Å²) in [6, 6.07) is 17.4. The summed E-state index contributed by atoms with van der Waals surface area (Å²) in [5.74, 6) is 2.24. The molecule has 1 saturated carbocycles. The standard InChI is InChI=1S/C26H32N4O3S/c1-34-26-29-28-24(30(26)20-10-5-6-11-20)16-9-17-27-25(31)22-14-7-8-15-23(22)33-19-18-32-21-12-3-2-4-13-21/h2-4,7-8,12-15,20H,5-6,9-11,16-19H2,1H3,(H,27,31). The Balaban J connectivity index is 1.25. The normalized spacial score (nSPS) is 13.7. The van der Waals surface area contributed by atoms with E-state index in [2.05, 4.69) is 20.1 Å². The van der Waals surface area contributed by atoms with E-state index in [0.717, 1.165) is 29.6 Å². The molecular formula is C26H32N4O3S. The molecule has 1 aliphatic carbocycles. The number of nitrogens with zero attached hydrogens (tertiary/aromatic N) is 3. The number of benzene rings is 2. The zero-order chi connectivity index (χ0) is 23.6. The molecule has 34 heavy (non-hydrogen) atoms. The summed E-state index contributed by atoms with van der Waals surface area (Å²) in [5, 5.41) is 12.8. The SMILES string of the molecule is CSc1nnc(CCCNC(=O)c2ccccc2OCCOc2ccccc2)n1C1CCCC1. The van der Waals surface area contributed by atoms with Gasteiger partial charge in [0.1, 0.15) is 30.5 Å². The smallest absolute Gasteiger partial charge is 0.255 e. The molecule has 0 radical (unpaired) electrons. The fraction of sp³-hybridized carbons (Fsp3) is 0.423. The zero-order valence-electron chi connectivity index (χ0n) is 19.6. The van der Waals surface area contributed by atoms with Gasteiger partial charge in [0.25, 0.3) is 5.91 Å². The minimum absolute atomic E-state index is 0.137. The Morgan fingerprint density at radius 2 is 1.76 bits per heavy atom. The van der Waals surface area contributed by atoms with Gasteiger partial charge in [-0.25, -0.2) is 0 Å². The van der Waals surface area contributed by atoms with Crippen LogP contribution in [0.15, 0.2) is 59.8 Å². The molecule has 1 N–H and O–H groups in total. The summed E-state index contributed by atoms with van der Waals surface area (Å²) in [5.41, 5.74) is 0.529. The van der Waals surface area contributed by atoms with E-state index in [1.807, 2.05) is 54.8 Å². The Bertz CT molecular complexity index is 1050. The largest absolute Gasteiger partial charge is 0.490 e. The first-order valence-electron chi connectivity index (χ1n) is 11.9. The number of ether oxygens (including phenoxy) is 2.